The van der Waals surface area contributed by atoms with Gasteiger partial charge >= 0.3 is 0 Å². The van der Waals surface area contributed by atoms with Crippen molar-refractivity contribution in [2.24, 2.45) is 0 Å². The normalized spacial score (nSPS) is 11.0. The average Bonchev–Trinajstić information content (AvgIpc) is 2.45. The van der Waals surface area contributed by atoms with Crippen LogP contribution >= 0.6 is 0 Å². The molecule has 0 fully saturated rings. The average molecular weight is 283 g/mol. The molecule has 0 aliphatic carbocycles. The van der Waals surface area contributed by atoms with Crippen molar-refractivity contribution in [1.29, 1.82) is 0 Å². The van der Waals surface area contributed by atoms with Crippen LogP contribution in [0.3, 0.4) is 0 Å². The second kappa shape index (κ2) is 6.00. The van der Waals surface area contributed by atoms with Gasteiger partial charge < -0.3 is 10.1 Å². The second-order valence-electron chi connectivity index (χ2n) is 5.99. The topological polar surface area (TPSA) is 38.3 Å². The number of rotatable bonds is 3. The Morgan fingerprint density at radius 2 is 1.71 bits per heavy atom. The van der Waals surface area contributed by atoms with E-state index in [9.17, 15) is 4.79 Å². The van der Waals surface area contributed by atoms with E-state index >= 15 is 0 Å². The van der Waals surface area contributed by atoms with E-state index in [-0.39, 0.29) is 11.4 Å². The van der Waals surface area contributed by atoms with Crippen LogP contribution in [-0.4, -0.2) is 18.6 Å². The van der Waals surface area contributed by atoms with Gasteiger partial charge in [0.1, 0.15) is 5.75 Å². The van der Waals surface area contributed by atoms with Gasteiger partial charge in [0.2, 0.25) is 0 Å². The lowest BCUT2D eigenvalue weighted by atomic mass is 10.0. The van der Waals surface area contributed by atoms with E-state index in [1.165, 1.54) is 0 Å². The number of nitrogens with one attached hydrogen (secondary N) is 1. The number of amides is 1. The largest absolute Gasteiger partial charge is 0.496 e. The van der Waals surface area contributed by atoms with Gasteiger partial charge in [0.25, 0.3) is 5.91 Å². The van der Waals surface area contributed by atoms with Crippen LogP contribution in [0.2, 0.25) is 0 Å². The summed E-state index contributed by atoms with van der Waals surface area (Å²) in [6.07, 6.45) is 0. The van der Waals surface area contributed by atoms with Gasteiger partial charge in [0.15, 0.2) is 0 Å². The number of hydrogen-bond donors (Lipinski definition) is 1. The van der Waals surface area contributed by atoms with Gasteiger partial charge in [-0.15, -0.1) is 0 Å². The van der Waals surface area contributed by atoms with Crippen molar-refractivity contribution < 1.29 is 9.53 Å². The Labute approximate surface area is 126 Å². The van der Waals surface area contributed by atoms with E-state index in [2.05, 4.69) is 5.32 Å². The molecule has 1 N–H and O–H groups in total. The number of carbonyl (C=O) groups is 1. The van der Waals surface area contributed by atoms with Crippen LogP contribution in [0.5, 0.6) is 5.75 Å². The molecule has 0 unspecified atom stereocenters. The summed E-state index contributed by atoms with van der Waals surface area (Å²) >= 11 is 0. The highest BCUT2D eigenvalue weighted by molar-refractivity contribution is 5.96. The Kier molecular flexibility index (Phi) is 4.32. The molecule has 0 atom stereocenters. The van der Waals surface area contributed by atoms with Gasteiger partial charge in [-0.05, 0) is 44.5 Å². The summed E-state index contributed by atoms with van der Waals surface area (Å²) in [7, 11) is 1.64. The molecule has 3 heteroatoms. The third-order valence-corrected chi connectivity index (χ3v) is 3.03. The summed E-state index contributed by atoms with van der Waals surface area (Å²) in [5.74, 6) is 0.677. The molecule has 21 heavy (non-hydrogen) atoms. The zero-order valence-electron chi connectivity index (χ0n) is 12.9. The number of benzene rings is 2. The lowest BCUT2D eigenvalue weighted by Gasteiger charge is -2.21. The van der Waals surface area contributed by atoms with Crippen molar-refractivity contribution in [2.75, 3.05) is 7.11 Å². The van der Waals surface area contributed by atoms with Crippen molar-refractivity contribution in [1.82, 2.24) is 5.32 Å². The molecule has 0 saturated carbocycles. The standard InChI is InChI=1S/C18H21NO2/c1-18(2,3)19-17(20)14-10-11-16(21-4)15(12-14)13-8-6-5-7-9-13/h5-12H,1-4H3,(H,19,20). The fourth-order valence-corrected chi connectivity index (χ4v) is 2.11. The Balaban J connectivity index is 2.41. The molecule has 2 aromatic rings. The number of hydrogen-bond acceptors (Lipinski definition) is 2. The molecule has 110 valence electrons. The minimum absolute atomic E-state index is 0.0812. The van der Waals surface area contributed by atoms with Crippen molar-refractivity contribution in [3.63, 3.8) is 0 Å². The predicted molar refractivity (Wildman–Crippen MR) is 85.6 cm³/mol. The van der Waals surface area contributed by atoms with Gasteiger partial charge in [-0.2, -0.15) is 0 Å². The van der Waals surface area contributed by atoms with E-state index in [1.807, 2.05) is 63.2 Å². The third-order valence-electron chi connectivity index (χ3n) is 3.03. The monoisotopic (exact) mass is 283 g/mol. The fourth-order valence-electron chi connectivity index (χ4n) is 2.11. The minimum Gasteiger partial charge on any atom is -0.496 e. The van der Waals surface area contributed by atoms with Crippen LogP contribution in [-0.2, 0) is 0 Å². The van der Waals surface area contributed by atoms with Crippen molar-refractivity contribution >= 4 is 5.91 Å². The van der Waals surface area contributed by atoms with Crippen molar-refractivity contribution in [2.45, 2.75) is 26.3 Å². The summed E-state index contributed by atoms with van der Waals surface area (Å²) < 4.78 is 5.40. The third kappa shape index (κ3) is 3.85. The Hall–Kier alpha value is -2.29. The SMILES string of the molecule is COc1ccc(C(=O)NC(C)(C)C)cc1-c1ccccc1. The molecular weight excluding hydrogens is 262 g/mol. The first kappa shape index (κ1) is 15.1. The van der Waals surface area contributed by atoms with Crippen LogP contribution in [0.15, 0.2) is 48.5 Å². The highest BCUT2D eigenvalue weighted by Gasteiger charge is 2.17. The van der Waals surface area contributed by atoms with Gasteiger partial charge in [-0.3, -0.25) is 4.79 Å². The van der Waals surface area contributed by atoms with Gasteiger partial charge in [0.05, 0.1) is 7.11 Å². The summed E-state index contributed by atoms with van der Waals surface area (Å²) in [6.45, 7) is 5.89. The first-order valence-corrected chi connectivity index (χ1v) is 6.97. The number of methoxy groups -OCH3 is 1. The maximum Gasteiger partial charge on any atom is 0.251 e. The number of carbonyl (C=O) groups excluding carboxylic acids is 1. The van der Waals surface area contributed by atoms with Crippen molar-refractivity contribution in [3.8, 4) is 16.9 Å². The molecule has 3 nitrogen and oxygen atoms in total. The lowest BCUT2D eigenvalue weighted by Crippen LogP contribution is -2.40. The van der Waals surface area contributed by atoms with E-state index in [0.717, 1.165) is 16.9 Å². The molecule has 0 aromatic heterocycles. The zero-order valence-corrected chi connectivity index (χ0v) is 12.9. The molecule has 0 bridgehead atoms. The van der Waals surface area contributed by atoms with Gasteiger partial charge in [-0.25, -0.2) is 0 Å². The minimum atomic E-state index is -0.260. The van der Waals surface area contributed by atoms with E-state index in [4.69, 9.17) is 4.74 Å². The molecule has 0 heterocycles. The second-order valence-corrected chi connectivity index (χ2v) is 5.99. The first-order valence-electron chi connectivity index (χ1n) is 6.97. The molecule has 2 rings (SSSR count). The highest BCUT2D eigenvalue weighted by Crippen LogP contribution is 2.30. The van der Waals surface area contributed by atoms with Gasteiger partial charge in [-0.1, -0.05) is 30.3 Å². The molecule has 0 saturated heterocycles. The summed E-state index contributed by atoms with van der Waals surface area (Å²) in [5.41, 5.74) is 2.31. The van der Waals surface area contributed by atoms with E-state index in [1.54, 1.807) is 13.2 Å². The fraction of sp³-hybridized carbons (Fsp3) is 0.278. The van der Waals surface area contributed by atoms with E-state index < -0.39 is 0 Å². The van der Waals surface area contributed by atoms with Crippen LogP contribution in [0.25, 0.3) is 11.1 Å². The highest BCUT2D eigenvalue weighted by atomic mass is 16.5. The smallest absolute Gasteiger partial charge is 0.251 e. The maximum absolute atomic E-state index is 12.3. The summed E-state index contributed by atoms with van der Waals surface area (Å²) in [6, 6.07) is 15.4. The molecule has 0 aliphatic heterocycles. The van der Waals surface area contributed by atoms with Crippen LogP contribution in [0.1, 0.15) is 31.1 Å². The Morgan fingerprint density at radius 3 is 2.29 bits per heavy atom. The molecule has 2 aromatic carbocycles. The van der Waals surface area contributed by atoms with E-state index in [0.29, 0.717) is 5.56 Å². The summed E-state index contributed by atoms with van der Waals surface area (Å²) in [4.78, 5) is 12.3. The van der Waals surface area contributed by atoms with Crippen LogP contribution in [0, 0.1) is 0 Å². The van der Waals surface area contributed by atoms with Crippen LogP contribution < -0.4 is 10.1 Å². The van der Waals surface area contributed by atoms with Crippen LogP contribution in [0.4, 0.5) is 0 Å². The molecule has 0 spiro atoms. The molecule has 0 aliphatic rings. The van der Waals surface area contributed by atoms with Gasteiger partial charge in [0, 0.05) is 16.7 Å². The molecular formula is C18H21NO2. The zero-order chi connectivity index (χ0) is 15.5. The Bertz CT molecular complexity index is 627. The molecule has 0 radical (unpaired) electrons. The predicted octanol–water partition coefficient (Wildman–Crippen LogP) is 3.89. The number of ether oxygens (including phenoxy) is 1. The summed E-state index contributed by atoms with van der Waals surface area (Å²) in [5, 5.41) is 2.97. The Morgan fingerprint density at radius 1 is 1.05 bits per heavy atom. The van der Waals surface area contributed by atoms with Crippen molar-refractivity contribution in [3.05, 3.63) is 54.1 Å². The lowest BCUT2D eigenvalue weighted by molar-refractivity contribution is 0.0919. The quantitative estimate of drug-likeness (QED) is 0.928. The first-order chi connectivity index (χ1) is 9.90. The molecule has 1 amide bonds. The maximum atomic E-state index is 12.3.